The Bertz CT molecular complexity index is 534. The average molecular weight is 397 g/mol. The molecule has 2 rings (SSSR count). The summed E-state index contributed by atoms with van der Waals surface area (Å²) in [5.74, 6) is 0.0980. The molecule has 23 heavy (non-hydrogen) atoms. The first kappa shape index (κ1) is 18.4. The number of rotatable bonds is 5. The maximum Gasteiger partial charge on any atom is 0.390 e. The van der Waals surface area contributed by atoms with Crippen LogP contribution in [0.1, 0.15) is 24.9 Å². The smallest absolute Gasteiger partial charge is 0.390 e. The fourth-order valence-corrected chi connectivity index (χ4v) is 3.18. The van der Waals surface area contributed by atoms with E-state index in [1.165, 1.54) is 12.1 Å². The quantitative estimate of drug-likeness (QED) is 0.799. The van der Waals surface area contributed by atoms with Gasteiger partial charge in [0.15, 0.2) is 11.5 Å². The van der Waals surface area contributed by atoms with E-state index >= 15 is 0 Å². The van der Waals surface area contributed by atoms with Gasteiger partial charge in [0.05, 0.1) is 17.5 Å². The number of benzene rings is 1. The van der Waals surface area contributed by atoms with Gasteiger partial charge >= 0.3 is 6.18 Å². The van der Waals surface area contributed by atoms with Gasteiger partial charge in [-0.25, -0.2) is 0 Å². The molecule has 0 spiro atoms. The van der Waals surface area contributed by atoms with Crippen LogP contribution in [-0.2, 0) is 0 Å². The first-order chi connectivity index (χ1) is 10.8. The van der Waals surface area contributed by atoms with Gasteiger partial charge in [-0.1, -0.05) is 0 Å². The Labute approximate surface area is 141 Å². The van der Waals surface area contributed by atoms with Crippen molar-refractivity contribution in [2.75, 3.05) is 32.8 Å². The highest BCUT2D eigenvalue weighted by atomic mass is 79.9. The second-order valence-electron chi connectivity index (χ2n) is 5.40. The molecular weight excluding hydrogens is 377 g/mol. The van der Waals surface area contributed by atoms with E-state index in [-0.39, 0.29) is 11.5 Å². The third-order valence-corrected chi connectivity index (χ3v) is 4.36. The number of nitrogens with one attached hydrogen (secondary N) is 1. The Morgan fingerprint density at radius 2 is 2.00 bits per heavy atom. The van der Waals surface area contributed by atoms with E-state index < -0.39 is 18.6 Å². The topological polar surface area (TPSA) is 44.7 Å². The van der Waals surface area contributed by atoms with Crippen LogP contribution in [-0.4, -0.2) is 49.0 Å². The minimum absolute atomic E-state index is 0.0957. The van der Waals surface area contributed by atoms with Crippen molar-refractivity contribution < 1.29 is 23.0 Å². The summed E-state index contributed by atoms with van der Waals surface area (Å²) in [7, 11) is 0. The van der Waals surface area contributed by atoms with Crippen molar-refractivity contribution in [3.8, 4) is 11.5 Å². The minimum Gasteiger partial charge on any atom is -0.503 e. The molecule has 1 saturated heterocycles. The van der Waals surface area contributed by atoms with Crippen molar-refractivity contribution in [1.29, 1.82) is 0 Å². The molecule has 1 aromatic carbocycles. The van der Waals surface area contributed by atoms with Crippen LogP contribution in [0.15, 0.2) is 16.6 Å². The van der Waals surface area contributed by atoms with Crippen LogP contribution in [0.4, 0.5) is 13.2 Å². The highest BCUT2D eigenvalue weighted by Gasteiger charge is 2.36. The molecule has 0 aromatic heterocycles. The van der Waals surface area contributed by atoms with Crippen molar-refractivity contribution >= 4 is 15.9 Å². The minimum atomic E-state index is -4.27. The number of piperazine rings is 1. The molecule has 1 aromatic rings. The van der Waals surface area contributed by atoms with Crippen LogP contribution < -0.4 is 10.1 Å². The van der Waals surface area contributed by atoms with Gasteiger partial charge in [-0.05, 0) is 40.5 Å². The second-order valence-corrected chi connectivity index (χ2v) is 6.26. The molecule has 1 aliphatic heterocycles. The van der Waals surface area contributed by atoms with Crippen LogP contribution in [0, 0.1) is 0 Å². The van der Waals surface area contributed by atoms with Gasteiger partial charge in [-0.2, -0.15) is 13.2 Å². The number of ether oxygens (including phenoxy) is 1. The molecule has 0 saturated carbocycles. The van der Waals surface area contributed by atoms with Gasteiger partial charge in [0.2, 0.25) is 0 Å². The number of aromatic hydroxyl groups is 1. The molecule has 0 radical (unpaired) electrons. The number of nitrogens with zero attached hydrogens (tertiary/aromatic N) is 1. The zero-order valence-corrected chi connectivity index (χ0v) is 14.4. The lowest BCUT2D eigenvalue weighted by molar-refractivity contribution is -0.148. The summed E-state index contributed by atoms with van der Waals surface area (Å²) >= 11 is 3.20. The van der Waals surface area contributed by atoms with Crippen molar-refractivity contribution in [2.45, 2.75) is 25.6 Å². The van der Waals surface area contributed by atoms with Crippen LogP contribution in [0.25, 0.3) is 0 Å². The first-order valence-corrected chi connectivity index (χ1v) is 8.28. The number of phenols is 1. The van der Waals surface area contributed by atoms with Gasteiger partial charge in [-0.15, -0.1) is 0 Å². The molecule has 0 aliphatic carbocycles. The molecular formula is C15H20BrF3N2O2. The fraction of sp³-hybridized carbons (Fsp3) is 0.600. The van der Waals surface area contributed by atoms with Gasteiger partial charge < -0.3 is 15.2 Å². The molecule has 130 valence electrons. The van der Waals surface area contributed by atoms with Crippen molar-refractivity contribution in [3.63, 3.8) is 0 Å². The van der Waals surface area contributed by atoms with Crippen molar-refractivity contribution in [3.05, 3.63) is 22.2 Å². The summed E-state index contributed by atoms with van der Waals surface area (Å²) in [6.07, 6.45) is -5.21. The molecule has 1 fully saturated rings. The van der Waals surface area contributed by atoms with Crippen LogP contribution in [0.5, 0.6) is 11.5 Å². The summed E-state index contributed by atoms with van der Waals surface area (Å²) in [4.78, 5) is 1.82. The number of hydrogen-bond donors (Lipinski definition) is 2. The van der Waals surface area contributed by atoms with Crippen LogP contribution >= 0.6 is 15.9 Å². The normalized spacial score (nSPS) is 18.0. The molecule has 2 N–H and O–H groups in total. The predicted octanol–water partition coefficient (Wildman–Crippen LogP) is 3.45. The Kier molecular flexibility index (Phi) is 6.16. The molecule has 0 unspecified atom stereocenters. The van der Waals surface area contributed by atoms with E-state index in [4.69, 9.17) is 4.74 Å². The summed E-state index contributed by atoms with van der Waals surface area (Å²) in [6, 6.07) is 2.24. The fourth-order valence-electron chi connectivity index (χ4n) is 2.72. The van der Waals surface area contributed by atoms with Crippen molar-refractivity contribution in [1.82, 2.24) is 10.2 Å². The van der Waals surface area contributed by atoms with Crippen LogP contribution in [0.3, 0.4) is 0 Å². The maximum absolute atomic E-state index is 13.0. The Hall–Kier alpha value is -0.990. The Morgan fingerprint density at radius 3 is 2.57 bits per heavy atom. The molecule has 0 amide bonds. The van der Waals surface area contributed by atoms with E-state index in [1.807, 2.05) is 4.90 Å². The molecule has 8 heteroatoms. The average Bonchev–Trinajstić information content (AvgIpc) is 2.49. The van der Waals surface area contributed by atoms with Crippen molar-refractivity contribution in [2.24, 2.45) is 0 Å². The number of phenolic OH excluding ortho intramolecular Hbond substituents is 1. The molecule has 4 nitrogen and oxygen atoms in total. The van der Waals surface area contributed by atoms with E-state index in [1.54, 1.807) is 6.92 Å². The second kappa shape index (κ2) is 7.72. The number of halogens is 4. The van der Waals surface area contributed by atoms with Gasteiger partial charge in [0.1, 0.15) is 0 Å². The third kappa shape index (κ3) is 4.99. The Morgan fingerprint density at radius 1 is 1.35 bits per heavy atom. The largest absolute Gasteiger partial charge is 0.503 e. The summed E-state index contributed by atoms with van der Waals surface area (Å²) in [5, 5.41) is 13.1. The van der Waals surface area contributed by atoms with E-state index in [0.717, 1.165) is 0 Å². The summed E-state index contributed by atoms with van der Waals surface area (Å²) in [5.41, 5.74) is 0.484. The predicted molar refractivity (Wildman–Crippen MR) is 84.8 cm³/mol. The van der Waals surface area contributed by atoms with E-state index in [9.17, 15) is 18.3 Å². The lowest BCUT2D eigenvalue weighted by Gasteiger charge is -2.36. The number of hydrogen-bond acceptors (Lipinski definition) is 4. The lowest BCUT2D eigenvalue weighted by atomic mass is 10.00. The number of alkyl halides is 3. The first-order valence-electron chi connectivity index (χ1n) is 7.48. The van der Waals surface area contributed by atoms with E-state index in [2.05, 4.69) is 21.2 Å². The summed E-state index contributed by atoms with van der Waals surface area (Å²) < 4.78 is 44.8. The summed E-state index contributed by atoms with van der Waals surface area (Å²) in [6.45, 7) is 4.48. The van der Waals surface area contributed by atoms with Gasteiger partial charge in [-0.3, -0.25) is 4.90 Å². The zero-order chi connectivity index (χ0) is 17.0. The third-order valence-electron chi connectivity index (χ3n) is 3.75. The SMILES string of the molecule is CCOc1cc([C@@H](CC(F)(F)F)N2CCNCC2)cc(Br)c1O. The highest BCUT2D eigenvalue weighted by Crippen LogP contribution is 2.41. The zero-order valence-electron chi connectivity index (χ0n) is 12.8. The lowest BCUT2D eigenvalue weighted by Crippen LogP contribution is -2.46. The van der Waals surface area contributed by atoms with E-state index in [0.29, 0.717) is 42.8 Å². The van der Waals surface area contributed by atoms with Gasteiger partial charge in [0, 0.05) is 32.2 Å². The standard InChI is InChI=1S/C15H20BrF3N2O2/c1-2-23-13-8-10(7-11(16)14(13)22)12(9-15(17,18)19)21-5-3-20-4-6-21/h7-8,12,20,22H,2-6,9H2,1H3/t12-/m1/s1. The van der Waals surface area contributed by atoms with Gasteiger partial charge in [0.25, 0.3) is 0 Å². The van der Waals surface area contributed by atoms with Crippen LogP contribution in [0.2, 0.25) is 0 Å². The molecule has 0 bridgehead atoms. The monoisotopic (exact) mass is 396 g/mol. The molecule has 1 heterocycles. The maximum atomic E-state index is 13.0. The Balaban J connectivity index is 2.37. The highest BCUT2D eigenvalue weighted by molar-refractivity contribution is 9.10. The molecule has 1 atom stereocenters. The molecule has 1 aliphatic rings.